The van der Waals surface area contributed by atoms with Crippen LogP contribution in [0.15, 0.2) is 0 Å². The van der Waals surface area contributed by atoms with Gasteiger partial charge in [0.1, 0.15) is 29.4 Å². The van der Waals surface area contributed by atoms with Crippen molar-refractivity contribution in [1.29, 1.82) is 5.26 Å². The molecule has 11 nitrogen and oxygen atoms in total. The molecule has 4 N–H and O–H groups in total. The number of nitrogens with zero attached hydrogens (tertiary/aromatic N) is 7. The lowest BCUT2D eigenvalue weighted by Gasteiger charge is -2.48. The van der Waals surface area contributed by atoms with Gasteiger partial charge in [-0.2, -0.15) is 20.2 Å². The van der Waals surface area contributed by atoms with E-state index in [1.165, 1.54) is 16.2 Å². The molecule has 214 valence electrons. The van der Waals surface area contributed by atoms with E-state index in [1.54, 1.807) is 0 Å². The molecule has 40 heavy (non-hydrogen) atoms. The molecule has 3 atom stereocenters. The van der Waals surface area contributed by atoms with E-state index in [0.717, 1.165) is 37.8 Å². The van der Waals surface area contributed by atoms with Gasteiger partial charge < -0.3 is 30.5 Å². The predicted molar refractivity (Wildman–Crippen MR) is 148 cm³/mol. The number of halogens is 1. The number of thiophene rings is 1. The number of fused-ring (bicyclic) bond motifs is 3. The zero-order valence-corrected chi connectivity index (χ0v) is 23.3. The predicted octanol–water partition coefficient (Wildman–Crippen LogP) is 1.37. The number of aromatic nitrogens is 3. The summed E-state index contributed by atoms with van der Waals surface area (Å²) in [6.07, 6.45) is 4.58. The van der Waals surface area contributed by atoms with Gasteiger partial charge in [0.25, 0.3) is 0 Å². The Morgan fingerprint density at radius 1 is 1.10 bits per heavy atom. The molecule has 1 aliphatic carbocycles. The molecule has 0 bridgehead atoms. The monoisotopic (exact) mass is 570 g/mol. The number of hydrogen-bond donors (Lipinski definition) is 3. The van der Waals surface area contributed by atoms with Gasteiger partial charge in [0.2, 0.25) is 11.9 Å². The summed E-state index contributed by atoms with van der Waals surface area (Å²) in [6, 6.07) is 2.50. The van der Waals surface area contributed by atoms with Crippen molar-refractivity contribution in [2.75, 3.05) is 68.0 Å². The summed E-state index contributed by atoms with van der Waals surface area (Å²) in [6.45, 7) is 3.46. The van der Waals surface area contributed by atoms with Crippen molar-refractivity contribution in [3.8, 4) is 12.1 Å². The van der Waals surface area contributed by atoms with Gasteiger partial charge in [0, 0.05) is 42.9 Å². The van der Waals surface area contributed by atoms with Gasteiger partial charge >= 0.3 is 6.01 Å². The second-order valence-electron chi connectivity index (χ2n) is 12.4. The number of ether oxygens (including phenoxy) is 1. The van der Waals surface area contributed by atoms with Crippen LogP contribution in [0.2, 0.25) is 0 Å². The van der Waals surface area contributed by atoms with Crippen LogP contribution in [0.1, 0.15) is 54.5 Å². The summed E-state index contributed by atoms with van der Waals surface area (Å²) in [7, 11) is 0. The van der Waals surface area contributed by atoms with Crippen molar-refractivity contribution < 1.29 is 19.3 Å². The molecule has 6 heterocycles. The molecule has 0 saturated carbocycles. The quantitative estimate of drug-likeness (QED) is 0.462. The second kappa shape index (κ2) is 9.37. The number of hydrogen-bond acceptors (Lipinski definition) is 12. The van der Waals surface area contributed by atoms with Crippen LogP contribution >= 0.6 is 11.3 Å². The Labute approximate surface area is 236 Å². The van der Waals surface area contributed by atoms with E-state index in [-0.39, 0.29) is 30.1 Å². The van der Waals surface area contributed by atoms with E-state index in [9.17, 15) is 19.9 Å². The third-order valence-corrected chi connectivity index (χ3v) is 10.8. The molecule has 0 aromatic carbocycles. The van der Waals surface area contributed by atoms with Crippen LogP contribution in [0.3, 0.4) is 0 Å². The van der Waals surface area contributed by atoms with Gasteiger partial charge in [-0.1, -0.05) is 0 Å². The van der Waals surface area contributed by atoms with E-state index < -0.39 is 11.8 Å². The van der Waals surface area contributed by atoms with Crippen molar-refractivity contribution in [3.63, 3.8) is 0 Å². The number of nitriles is 1. The topological polar surface area (TPSA) is 148 Å². The van der Waals surface area contributed by atoms with Gasteiger partial charge in [0.05, 0.1) is 24.3 Å². The fourth-order valence-corrected chi connectivity index (χ4v) is 8.85. The third-order valence-electron chi connectivity index (χ3n) is 9.71. The first kappa shape index (κ1) is 26.1. The van der Waals surface area contributed by atoms with E-state index in [4.69, 9.17) is 20.4 Å². The van der Waals surface area contributed by atoms with Crippen LogP contribution in [-0.2, 0) is 11.8 Å². The molecule has 13 heteroatoms. The normalized spacial score (nSPS) is 30.8. The summed E-state index contributed by atoms with van der Waals surface area (Å²) in [5.74, 6) is 0.877. The van der Waals surface area contributed by atoms with Crippen molar-refractivity contribution in [2.45, 2.75) is 67.7 Å². The molecular weight excluding hydrogens is 535 g/mol. The number of β-amino-alcohol motifs (C(OH)–C–C–N with tert-alkyl or cyclic N) is 1. The fraction of sp³-hybridized carbons (Fsp3) is 0.704. The average Bonchev–Trinajstić information content (AvgIpc) is 3.64. The van der Waals surface area contributed by atoms with Crippen LogP contribution in [0.25, 0.3) is 0 Å². The molecule has 4 aliphatic heterocycles. The lowest BCUT2D eigenvalue weighted by molar-refractivity contribution is -0.0244. The summed E-state index contributed by atoms with van der Waals surface area (Å²) in [5, 5.41) is 30.9. The highest BCUT2D eigenvalue weighted by molar-refractivity contribution is 7.16. The Hall–Kier alpha value is -2.79. The Bertz CT molecular complexity index is 1360. The molecule has 4 saturated heterocycles. The minimum atomic E-state index is -1.22. The summed E-state index contributed by atoms with van der Waals surface area (Å²) < 4.78 is 20.6. The van der Waals surface area contributed by atoms with Crippen LogP contribution in [0.5, 0.6) is 6.01 Å². The zero-order chi connectivity index (χ0) is 27.7. The first-order chi connectivity index (χ1) is 19.3. The molecule has 7 rings (SSSR count). The second-order valence-corrected chi connectivity index (χ2v) is 13.5. The fourth-order valence-electron chi connectivity index (χ4n) is 7.71. The number of aliphatic hydroxyl groups excluding tert-OH is 1. The van der Waals surface area contributed by atoms with Gasteiger partial charge in [-0.25, -0.2) is 4.39 Å². The number of anilines is 3. The largest absolute Gasteiger partial charge is 0.461 e. The highest BCUT2D eigenvalue weighted by Crippen LogP contribution is 2.52. The molecule has 0 amide bonds. The Kier molecular flexibility index (Phi) is 6.12. The molecule has 4 fully saturated rings. The first-order valence-corrected chi connectivity index (χ1v) is 15.0. The molecule has 5 aliphatic rings. The first-order valence-electron chi connectivity index (χ1n) is 14.2. The minimum absolute atomic E-state index is 0.145. The molecule has 1 spiro atoms. The van der Waals surface area contributed by atoms with E-state index in [0.29, 0.717) is 74.5 Å². The standard InChI is InChI=1S/C27H35FN8O3S/c28-17-9-26(4-1-8-36(26)11-17)16-39-24-32-22(34-7-2-5-27(38,14-34)15-37)31-23(33-24)35-12-25(13-35)6-3-19-20(25)18(10-29)21(30)40-19/h17,37-38H,1-9,11-16,30H2/t17-,26+,27?/m1/s1. The zero-order valence-electron chi connectivity index (χ0n) is 22.5. The van der Waals surface area contributed by atoms with Crippen LogP contribution < -0.4 is 20.3 Å². The summed E-state index contributed by atoms with van der Waals surface area (Å²) >= 11 is 1.52. The number of nitrogen functional groups attached to an aromatic ring is 1. The van der Waals surface area contributed by atoms with Crippen LogP contribution in [0.4, 0.5) is 21.3 Å². The van der Waals surface area contributed by atoms with Gasteiger partial charge in [0.15, 0.2) is 0 Å². The number of aliphatic hydroxyl groups is 2. The number of piperidine rings is 1. The Balaban J connectivity index is 1.17. The van der Waals surface area contributed by atoms with Gasteiger partial charge in [-0.3, -0.25) is 4.90 Å². The number of alkyl halides is 1. The maximum Gasteiger partial charge on any atom is 0.323 e. The van der Waals surface area contributed by atoms with Crippen LogP contribution in [-0.4, -0.2) is 99.9 Å². The molecule has 2 aromatic heterocycles. The van der Waals surface area contributed by atoms with Crippen molar-refractivity contribution in [2.24, 2.45) is 0 Å². The summed E-state index contributed by atoms with van der Waals surface area (Å²) in [5.41, 5.74) is 6.16. The number of rotatable bonds is 6. The van der Waals surface area contributed by atoms with Crippen molar-refractivity contribution in [3.05, 3.63) is 16.0 Å². The average molecular weight is 571 g/mol. The highest BCUT2D eigenvalue weighted by Gasteiger charge is 2.53. The third kappa shape index (κ3) is 4.10. The number of nitrogens with two attached hydrogens (primary N) is 1. The lowest BCUT2D eigenvalue weighted by Crippen LogP contribution is -2.59. The SMILES string of the molecule is N#Cc1c(N)sc2c1C1(CC2)CN(c2nc(OC[C@@]34CCCN3C[C@H](F)C4)nc(N3CCCC(O)(CO)C3)n2)C1. The van der Waals surface area contributed by atoms with Gasteiger partial charge in [-0.05, 0) is 50.6 Å². The van der Waals surface area contributed by atoms with Crippen LogP contribution in [0, 0.1) is 11.3 Å². The lowest BCUT2D eigenvalue weighted by atomic mass is 9.74. The van der Waals surface area contributed by atoms with Gasteiger partial charge in [-0.15, -0.1) is 11.3 Å². The Morgan fingerprint density at radius 3 is 2.65 bits per heavy atom. The highest BCUT2D eigenvalue weighted by atomic mass is 32.1. The minimum Gasteiger partial charge on any atom is -0.461 e. The summed E-state index contributed by atoms with van der Waals surface area (Å²) in [4.78, 5) is 21.5. The van der Waals surface area contributed by atoms with Crippen molar-refractivity contribution >= 4 is 28.2 Å². The van der Waals surface area contributed by atoms with E-state index >= 15 is 0 Å². The molecule has 2 aromatic rings. The molecule has 1 unspecified atom stereocenters. The maximum atomic E-state index is 14.3. The number of aryl methyl sites for hydroxylation is 1. The van der Waals surface area contributed by atoms with E-state index in [1.807, 2.05) is 4.90 Å². The molecular formula is C27H35FN8O3S. The van der Waals surface area contributed by atoms with E-state index in [2.05, 4.69) is 20.9 Å². The molecule has 0 radical (unpaired) electrons. The Morgan fingerprint density at radius 2 is 1.88 bits per heavy atom. The smallest absolute Gasteiger partial charge is 0.323 e. The maximum absolute atomic E-state index is 14.3. The van der Waals surface area contributed by atoms with Crippen molar-refractivity contribution in [1.82, 2.24) is 19.9 Å².